The minimum absolute atomic E-state index is 0.0678. The molecule has 2 aromatic heterocycles. The van der Waals surface area contributed by atoms with Crippen LogP contribution in [0.15, 0.2) is 18.5 Å². The molecular weight excluding hydrogens is 248 g/mol. The lowest BCUT2D eigenvalue weighted by Crippen LogP contribution is -2.26. The van der Waals surface area contributed by atoms with Gasteiger partial charge in [-0.05, 0) is 25.5 Å². The van der Waals surface area contributed by atoms with Crippen molar-refractivity contribution in [3.63, 3.8) is 0 Å². The predicted molar refractivity (Wildman–Crippen MR) is 72.3 cm³/mol. The number of hydrogen-bond acceptors (Lipinski definition) is 4. The highest BCUT2D eigenvalue weighted by Gasteiger charge is 2.06. The number of aromatic nitrogens is 2. The van der Waals surface area contributed by atoms with Crippen molar-refractivity contribution in [1.82, 2.24) is 15.1 Å². The molecule has 0 atom stereocenters. The van der Waals surface area contributed by atoms with Gasteiger partial charge in [-0.15, -0.1) is 11.3 Å². The molecule has 0 fully saturated rings. The van der Waals surface area contributed by atoms with Gasteiger partial charge in [-0.3, -0.25) is 9.48 Å². The minimum Gasteiger partial charge on any atom is -0.396 e. The second-order valence-electron chi connectivity index (χ2n) is 4.20. The number of nitrogens with one attached hydrogen (secondary N) is 1. The largest absolute Gasteiger partial charge is 0.396 e. The molecule has 0 saturated heterocycles. The summed E-state index contributed by atoms with van der Waals surface area (Å²) in [6.07, 6.45) is 3.16. The summed E-state index contributed by atoms with van der Waals surface area (Å²) in [5, 5.41) is 6.83. The van der Waals surface area contributed by atoms with Crippen molar-refractivity contribution in [2.24, 2.45) is 0 Å². The number of hydrogen-bond donors (Lipinski definition) is 2. The summed E-state index contributed by atoms with van der Waals surface area (Å²) in [4.78, 5) is 14.1. The van der Waals surface area contributed by atoms with Crippen molar-refractivity contribution < 1.29 is 4.79 Å². The lowest BCUT2D eigenvalue weighted by Gasteiger charge is -2.03. The van der Waals surface area contributed by atoms with E-state index in [4.69, 9.17) is 5.73 Å². The quantitative estimate of drug-likeness (QED) is 0.878. The van der Waals surface area contributed by atoms with Gasteiger partial charge in [-0.25, -0.2) is 0 Å². The molecule has 5 nitrogen and oxygen atoms in total. The third-order valence-corrected chi connectivity index (χ3v) is 3.79. The van der Waals surface area contributed by atoms with Gasteiger partial charge in [0, 0.05) is 16.0 Å². The van der Waals surface area contributed by atoms with Crippen molar-refractivity contribution in [2.45, 2.75) is 26.9 Å². The topological polar surface area (TPSA) is 72.9 Å². The summed E-state index contributed by atoms with van der Waals surface area (Å²) in [5.41, 5.74) is 7.36. The maximum absolute atomic E-state index is 11.7. The van der Waals surface area contributed by atoms with E-state index in [0.717, 1.165) is 0 Å². The first-order chi connectivity index (χ1) is 8.54. The van der Waals surface area contributed by atoms with Crippen LogP contribution in [0.2, 0.25) is 0 Å². The summed E-state index contributed by atoms with van der Waals surface area (Å²) in [7, 11) is 0. The lowest BCUT2D eigenvalue weighted by molar-refractivity contribution is -0.122. The maximum Gasteiger partial charge on any atom is 0.242 e. The number of nitrogens with two attached hydrogens (primary N) is 1. The average Bonchev–Trinajstić information content (AvgIpc) is 2.84. The van der Waals surface area contributed by atoms with Gasteiger partial charge in [0.15, 0.2) is 0 Å². The number of carbonyl (C=O) groups is 1. The standard InChI is InChI=1S/C12H16N4OS/c1-8-3-11(18-9(8)2)5-14-12(17)7-16-6-10(13)4-15-16/h3-4,6H,5,7,13H2,1-2H3,(H,14,17). The molecule has 2 rings (SSSR count). The molecule has 3 N–H and O–H groups in total. The third kappa shape index (κ3) is 3.10. The Kier molecular flexibility index (Phi) is 3.66. The van der Waals surface area contributed by atoms with Crippen LogP contribution in [0.1, 0.15) is 15.3 Å². The van der Waals surface area contributed by atoms with Gasteiger partial charge in [-0.1, -0.05) is 0 Å². The fourth-order valence-corrected chi connectivity index (χ4v) is 2.58. The van der Waals surface area contributed by atoms with Crippen molar-refractivity contribution in [3.05, 3.63) is 33.8 Å². The van der Waals surface area contributed by atoms with E-state index < -0.39 is 0 Å². The Labute approximate surface area is 110 Å². The predicted octanol–water partition coefficient (Wildman–Crippen LogP) is 1.46. The second-order valence-corrected chi connectivity index (χ2v) is 5.54. The first-order valence-corrected chi connectivity index (χ1v) is 6.47. The molecule has 0 unspecified atom stereocenters. The molecule has 6 heteroatoms. The van der Waals surface area contributed by atoms with Gasteiger partial charge < -0.3 is 11.1 Å². The molecule has 2 heterocycles. The Hall–Kier alpha value is -1.82. The van der Waals surface area contributed by atoms with Gasteiger partial charge >= 0.3 is 0 Å². The molecular formula is C12H16N4OS. The Morgan fingerprint density at radius 3 is 2.89 bits per heavy atom. The molecule has 0 saturated carbocycles. The molecule has 0 spiro atoms. The van der Waals surface area contributed by atoms with E-state index in [2.05, 4.69) is 30.3 Å². The number of amides is 1. The summed E-state index contributed by atoms with van der Waals surface area (Å²) < 4.78 is 1.52. The first kappa shape index (κ1) is 12.6. The van der Waals surface area contributed by atoms with Gasteiger partial charge in [-0.2, -0.15) is 5.10 Å². The molecule has 2 aromatic rings. The monoisotopic (exact) mass is 264 g/mol. The van der Waals surface area contributed by atoms with Crippen LogP contribution >= 0.6 is 11.3 Å². The summed E-state index contributed by atoms with van der Waals surface area (Å²) >= 11 is 1.71. The molecule has 0 aliphatic carbocycles. The van der Waals surface area contributed by atoms with E-state index in [9.17, 15) is 4.79 Å². The zero-order valence-corrected chi connectivity index (χ0v) is 11.3. The van der Waals surface area contributed by atoms with Crippen molar-refractivity contribution >= 4 is 22.9 Å². The van der Waals surface area contributed by atoms with E-state index >= 15 is 0 Å². The van der Waals surface area contributed by atoms with Crippen LogP contribution in [0, 0.1) is 13.8 Å². The molecule has 0 aliphatic rings. The molecule has 0 bridgehead atoms. The number of anilines is 1. The fraction of sp³-hybridized carbons (Fsp3) is 0.333. The van der Waals surface area contributed by atoms with E-state index in [1.54, 1.807) is 17.5 Å². The highest BCUT2D eigenvalue weighted by Crippen LogP contribution is 2.20. The normalized spacial score (nSPS) is 10.6. The average molecular weight is 264 g/mol. The Bertz CT molecular complexity index is 539. The molecule has 0 aromatic carbocycles. The molecule has 1 amide bonds. The van der Waals surface area contributed by atoms with Crippen LogP contribution in [0.5, 0.6) is 0 Å². The Morgan fingerprint density at radius 1 is 1.56 bits per heavy atom. The van der Waals surface area contributed by atoms with E-state index in [-0.39, 0.29) is 12.5 Å². The number of nitrogens with zero attached hydrogens (tertiary/aromatic N) is 2. The summed E-state index contributed by atoms with van der Waals surface area (Å²) in [5.74, 6) is -0.0678. The fourth-order valence-electron chi connectivity index (χ4n) is 1.59. The van der Waals surface area contributed by atoms with Crippen LogP contribution < -0.4 is 11.1 Å². The SMILES string of the molecule is Cc1cc(CNC(=O)Cn2cc(N)cn2)sc1C. The smallest absolute Gasteiger partial charge is 0.242 e. The number of carbonyl (C=O) groups excluding carboxylic acids is 1. The highest BCUT2D eigenvalue weighted by molar-refractivity contribution is 7.12. The molecule has 18 heavy (non-hydrogen) atoms. The van der Waals surface area contributed by atoms with E-state index in [0.29, 0.717) is 12.2 Å². The van der Waals surface area contributed by atoms with Gasteiger partial charge in [0.2, 0.25) is 5.91 Å². The zero-order chi connectivity index (χ0) is 13.1. The first-order valence-electron chi connectivity index (χ1n) is 5.65. The van der Waals surface area contributed by atoms with Crippen LogP contribution in [0.4, 0.5) is 5.69 Å². The second kappa shape index (κ2) is 5.22. The number of nitrogen functional groups attached to an aromatic ring is 1. The van der Waals surface area contributed by atoms with Crippen LogP contribution in [0.3, 0.4) is 0 Å². The lowest BCUT2D eigenvalue weighted by atomic mass is 10.3. The Balaban J connectivity index is 1.85. The van der Waals surface area contributed by atoms with Crippen LogP contribution in [0.25, 0.3) is 0 Å². The summed E-state index contributed by atoms with van der Waals surface area (Å²) in [6, 6.07) is 2.10. The van der Waals surface area contributed by atoms with Crippen molar-refractivity contribution in [2.75, 3.05) is 5.73 Å². The van der Waals surface area contributed by atoms with Gasteiger partial charge in [0.1, 0.15) is 6.54 Å². The summed E-state index contributed by atoms with van der Waals surface area (Å²) in [6.45, 7) is 4.91. The maximum atomic E-state index is 11.7. The number of rotatable bonds is 4. The number of aryl methyl sites for hydroxylation is 2. The van der Waals surface area contributed by atoms with Crippen molar-refractivity contribution in [3.8, 4) is 0 Å². The zero-order valence-electron chi connectivity index (χ0n) is 10.4. The molecule has 0 radical (unpaired) electrons. The number of thiophene rings is 1. The highest BCUT2D eigenvalue weighted by atomic mass is 32.1. The minimum atomic E-state index is -0.0678. The van der Waals surface area contributed by atoms with Crippen LogP contribution in [-0.4, -0.2) is 15.7 Å². The Morgan fingerprint density at radius 2 is 2.33 bits per heavy atom. The van der Waals surface area contributed by atoms with E-state index in [1.807, 2.05) is 0 Å². The van der Waals surface area contributed by atoms with Gasteiger partial charge in [0.05, 0.1) is 18.4 Å². The third-order valence-electron chi connectivity index (χ3n) is 2.64. The van der Waals surface area contributed by atoms with Gasteiger partial charge in [0.25, 0.3) is 0 Å². The van der Waals surface area contributed by atoms with Crippen molar-refractivity contribution in [1.29, 1.82) is 0 Å². The molecule has 0 aliphatic heterocycles. The molecule has 96 valence electrons. The van der Waals surface area contributed by atoms with Crippen LogP contribution in [-0.2, 0) is 17.9 Å². The van der Waals surface area contributed by atoms with E-state index in [1.165, 1.54) is 26.2 Å².